The summed E-state index contributed by atoms with van der Waals surface area (Å²) in [6.07, 6.45) is 7.35. The number of nitrogens with zero attached hydrogens (tertiary/aromatic N) is 2. The molecule has 1 aliphatic heterocycles. The van der Waals surface area contributed by atoms with Crippen LogP contribution in [-0.2, 0) is 17.7 Å². The first-order valence-electron chi connectivity index (χ1n) is 6.58. The summed E-state index contributed by atoms with van der Waals surface area (Å²) < 4.78 is 7.65. The third-order valence-electron chi connectivity index (χ3n) is 3.62. The van der Waals surface area contributed by atoms with E-state index >= 15 is 0 Å². The predicted molar refractivity (Wildman–Crippen MR) is 68.0 cm³/mol. The number of nitrogens with one attached hydrogen (secondary N) is 1. The summed E-state index contributed by atoms with van der Waals surface area (Å²) in [5.41, 5.74) is 0. The predicted octanol–water partition coefficient (Wildman–Crippen LogP) is 1.46. The summed E-state index contributed by atoms with van der Waals surface area (Å²) in [5, 5.41) is 3.41. The average Bonchev–Trinajstić information content (AvgIpc) is 2.99. The Kier molecular flexibility index (Phi) is 4.57. The van der Waals surface area contributed by atoms with Crippen molar-refractivity contribution in [1.82, 2.24) is 14.9 Å². The van der Waals surface area contributed by atoms with Gasteiger partial charge in [0, 0.05) is 44.6 Å². The van der Waals surface area contributed by atoms with Crippen molar-refractivity contribution in [2.24, 2.45) is 5.92 Å². The van der Waals surface area contributed by atoms with Crippen molar-refractivity contribution in [3.05, 3.63) is 18.2 Å². The summed E-state index contributed by atoms with van der Waals surface area (Å²) in [6.45, 7) is 5.02. The lowest BCUT2D eigenvalue weighted by Gasteiger charge is -2.19. The van der Waals surface area contributed by atoms with Gasteiger partial charge in [-0.2, -0.15) is 0 Å². The molecule has 2 atom stereocenters. The van der Waals surface area contributed by atoms with Gasteiger partial charge in [0.1, 0.15) is 5.82 Å². The molecule has 2 rings (SSSR count). The molecule has 4 nitrogen and oxygen atoms in total. The Bertz CT molecular complexity index is 331. The van der Waals surface area contributed by atoms with Crippen LogP contribution in [0.5, 0.6) is 0 Å². The minimum absolute atomic E-state index is 0.509. The quantitative estimate of drug-likeness (QED) is 0.814. The molecule has 1 aromatic rings. The van der Waals surface area contributed by atoms with E-state index in [1.807, 2.05) is 13.2 Å². The molecule has 2 heterocycles. The van der Waals surface area contributed by atoms with Crippen molar-refractivity contribution in [2.45, 2.75) is 38.8 Å². The fourth-order valence-corrected chi connectivity index (χ4v) is 2.51. The highest BCUT2D eigenvalue weighted by Gasteiger charge is 2.21. The Morgan fingerprint density at radius 2 is 2.53 bits per heavy atom. The summed E-state index contributed by atoms with van der Waals surface area (Å²) in [4.78, 5) is 4.44. The van der Waals surface area contributed by atoms with Crippen molar-refractivity contribution >= 4 is 0 Å². The molecule has 0 radical (unpaired) electrons. The van der Waals surface area contributed by atoms with Crippen molar-refractivity contribution < 1.29 is 4.74 Å². The minimum Gasteiger partial charge on any atom is -0.381 e. The normalized spacial score (nSPS) is 21.9. The molecule has 4 heteroatoms. The number of ether oxygens (including phenoxy) is 1. The van der Waals surface area contributed by atoms with Crippen LogP contribution in [0.25, 0.3) is 0 Å². The van der Waals surface area contributed by atoms with E-state index in [1.165, 1.54) is 18.7 Å². The van der Waals surface area contributed by atoms with Gasteiger partial charge in [0.05, 0.1) is 0 Å². The molecule has 0 bridgehead atoms. The van der Waals surface area contributed by atoms with E-state index in [0.717, 1.165) is 32.1 Å². The molecule has 0 aliphatic carbocycles. The second-order valence-corrected chi connectivity index (χ2v) is 4.78. The largest absolute Gasteiger partial charge is 0.381 e. The number of aromatic nitrogens is 2. The van der Waals surface area contributed by atoms with Gasteiger partial charge < -0.3 is 14.6 Å². The Hall–Kier alpha value is -0.870. The molecule has 0 saturated carbocycles. The Morgan fingerprint density at radius 3 is 3.18 bits per heavy atom. The number of likely N-dealkylation sites (N-methyl/N-ethyl adjacent to an activating group) is 1. The highest BCUT2D eigenvalue weighted by atomic mass is 16.5. The third kappa shape index (κ3) is 3.30. The van der Waals surface area contributed by atoms with Gasteiger partial charge >= 0.3 is 0 Å². The lowest BCUT2D eigenvalue weighted by atomic mass is 9.97. The smallest absolute Gasteiger partial charge is 0.110 e. The molecule has 1 aliphatic rings. The van der Waals surface area contributed by atoms with Gasteiger partial charge in [-0.3, -0.25) is 0 Å². The van der Waals surface area contributed by atoms with Gasteiger partial charge in [-0.1, -0.05) is 0 Å². The summed E-state index contributed by atoms with van der Waals surface area (Å²) in [6, 6.07) is 0.509. The van der Waals surface area contributed by atoms with Gasteiger partial charge in [-0.25, -0.2) is 4.98 Å². The third-order valence-corrected chi connectivity index (χ3v) is 3.62. The SMILES string of the molecule is CCn1ccnc1CC(CC1CCOC1)NC. The maximum Gasteiger partial charge on any atom is 0.110 e. The van der Waals surface area contributed by atoms with Crippen LogP contribution in [0.4, 0.5) is 0 Å². The number of rotatable bonds is 6. The molecule has 1 saturated heterocycles. The van der Waals surface area contributed by atoms with Gasteiger partial charge in [-0.05, 0) is 32.7 Å². The van der Waals surface area contributed by atoms with Crippen LogP contribution in [0.1, 0.15) is 25.6 Å². The first kappa shape index (κ1) is 12.6. The van der Waals surface area contributed by atoms with Gasteiger partial charge in [0.15, 0.2) is 0 Å². The molecule has 1 fully saturated rings. The monoisotopic (exact) mass is 237 g/mol. The van der Waals surface area contributed by atoms with E-state index in [9.17, 15) is 0 Å². The maximum atomic E-state index is 5.43. The lowest BCUT2D eigenvalue weighted by Crippen LogP contribution is -2.31. The Morgan fingerprint density at radius 1 is 1.65 bits per heavy atom. The second-order valence-electron chi connectivity index (χ2n) is 4.78. The lowest BCUT2D eigenvalue weighted by molar-refractivity contribution is 0.181. The van der Waals surface area contributed by atoms with Crippen LogP contribution < -0.4 is 5.32 Å². The standard InChI is InChI=1S/C13H23N3O/c1-3-16-6-5-15-13(16)9-12(14-2)8-11-4-7-17-10-11/h5-6,11-12,14H,3-4,7-10H2,1-2H3. The van der Waals surface area contributed by atoms with Gasteiger partial charge in [-0.15, -0.1) is 0 Å². The molecule has 1 aromatic heterocycles. The zero-order valence-corrected chi connectivity index (χ0v) is 10.9. The molecular weight excluding hydrogens is 214 g/mol. The number of aryl methyl sites for hydroxylation is 1. The van der Waals surface area contributed by atoms with E-state index in [1.54, 1.807) is 0 Å². The van der Waals surface area contributed by atoms with Crippen molar-refractivity contribution in [3.8, 4) is 0 Å². The van der Waals surface area contributed by atoms with Crippen molar-refractivity contribution in [2.75, 3.05) is 20.3 Å². The topological polar surface area (TPSA) is 39.1 Å². The first-order valence-corrected chi connectivity index (χ1v) is 6.58. The molecule has 0 spiro atoms. The molecular formula is C13H23N3O. The van der Waals surface area contributed by atoms with Crippen molar-refractivity contribution in [3.63, 3.8) is 0 Å². The first-order chi connectivity index (χ1) is 8.33. The van der Waals surface area contributed by atoms with E-state index in [2.05, 4.69) is 28.0 Å². The molecule has 2 unspecified atom stereocenters. The molecule has 96 valence electrons. The number of hydrogen-bond acceptors (Lipinski definition) is 3. The van der Waals surface area contributed by atoms with Crippen molar-refractivity contribution in [1.29, 1.82) is 0 Å². The maximum absolute atomic E-state index is 5.43. The number of hydrogen-bond donors (Lipinski definition) is 1. The molecule has 17 heavy (non-hydrogen) atoms. The highest BCUT2D eigenvalue weighted by Crippen LogP contribution is 2.19. The fraction of sp³-hybridized carbons (Fsp3) is 0.769. The number of imidazole rings is 1. The second kappa shape index (κ2) is 6.17. The minimum atomic E-state index is 0.509. The van der Waals surface area contributed by atoms with Crippen LogP contribution in [-0.4, -0.2) is 35.9 Å². The van der Waals surface area contributed by atoms with Crippen LogP contribution in [0, 0.1) is 5.92 Å². The van der Waals surface area contributed by atoms with Crippen LogP contribution in [0.15, 0.2) is 12.4 Å². The van der Waals surface area contributed by atoms with Crippen LogP contribution in [0.3, 0.4) is 0 Å². The fourth-order valence-electron chi connectivity index (χ4n) is 2.51. The molecule has 0 amide bonds. The Balaban J connectivity index is 1.90. The van der Waals surface area contributed by atoms with E-state index in [0.29, 0.717) is 6.04 Å². The Labute approximate surface area is 103 Å². The van der Waals surface area contributed by atoms with Crippen LogP contribution >= 0.6 is 0 Å². The zero-order valence-electron chi connectivity index (χ0n) is 10.9. The zero-order chi connectivity index (χ0) is 12.1. The van der Waals surface area contributed by atoms with Gasteiger partial charge in [0.2, 0.25) is 0 Å². The highest BCUT2D eigenvalue weighted by molar-refractivity contribution is 4.95. The molecule has 1 N–H and O–H groups in total. The molecule has 0 aromatic carbocycles. The summed E-state index contributed by atoms with van der Waals surface area (Å²) >= 11 is 0. The van der Waals surface area contributed by atoms with Crippen LogP contribution in [0.2, 0.25) is 0 Å². The van der Waals surface area contributed by atoms with E-state index in [-0.39, 0.29) is 0 Å². The van der Waals surface area contributed by atoms with Gasteiger partial charge in [0.25, 0.3) is 0 Å². The van der Waals surface area contributed by atoms with E-state index < -0.39 is 0 Å². The average molecular weight is 237 g/mol. The van der Waals surface area contributed by atoms with E-state index in [4.69, 9.17) is 4.74 Å². The summed E-state index contributed by atoms with van der Waals surface area (Å²) in [7, 11) is 2.04. The summed E-state index contributed by atoms with van der Waals surface area (Å²) in [5.74, 6) is 1.91.